The normalized spacial score (nSPS) is 21.0. The van der Waals surface area contributed by atoms with Crippen LogP contribution in [0.3, 0.4) is 0 Å². The summed E-state index contributed by atoms with van der Waals surface area (Å²) in [6.45, 7) is 1.43. The number of carbonyl (C=O) groups excluding carboxylic acids is 1. The monoisotopic (exact) mass is 302 g/mol. The maximum absolute atomic E-state index is 12.9. The quantitative estimate of drug-likeness (QED) is 0.903. The van der Waals surface area contributed by atoms with Crippen molar-refractivity contribution in [3.05, 3.63) is 40.1 Å². The zero-order chi connectivity index (χ0) is 14.2. The van der Waals surface area contributed by atoms with Crippen LogP contribution in [0.5, 0.6) is 0 Å². The molecule has 2 aliphatic rings. The van der Waals surface area contributed by atoms with Gasteiger partial charge in [0.1, 0.15) is 0 Å². The molecule has 6 heteroatoms. The topological polar surface area (TPSA) is 61.0 Å². The van der Waals surface area contributed by atoms with Gasteiger partial charge < -0.3 is 9.88 Å². The molecule has 21 heavy (non-hydrogen) atoms. The molecule has 2 aromatic rings. The first-order chi connectivity index (χ1) is 10.3. The van der Waals surface area contributed by atoms with Gasteiger partial charge in [-0.25, -0.2) is 4.98 Å². The number of aromatic nitrogens is 2. The summed E-state index contributed by atoms with van der Waals surface area (Å²) in [6.07, 6.45) is 4.67. The van der Waals surface area contributed by atoms with E-state index >= 15 is 0 Å². The first-order valence-corrected chi connectivity index (χ1v) is 8.31. The third-order valence-corrected chi connectivity index (χ3v) is 4.96. The minimum atomic E-state index is -0.139. The van der Waals surface area contributed by atoms with E-state index in [0.29, 0.717) is 19.0 Å². The summed E-state index contributed by atoms with van der Waals surface area (Å²) in [7, 11) is 0. The molecule has 0 aromatic carbocycles. The lowest BCUT2D eigenvalue weighted by atomic mass is 10.0. The molecule has 3 heterocycles. The van der Waals surface area contributed by atoms with E-state index in [1.54, 1.807) is 17.7 Å². The Morgan fingerprint density at radius 1 is 1.48 bits per heavy atom. The van der Waals surface area contributed by atoms with Crippen molar-refractivity contribution in [3.8, 4) is 0 Å². The summed E-state index contributed by atoms with van der Waals surface area (Å²) in [5.41, 5.74) is 3.37. The molecule has 0 saturated heterocycles. The van der Waals surface area contributed by atoms with Crippen LogP contribution in [0.25, 0.3) is 0 Å². The third kappa shape index (κ3) is 2.61. The van der Waals surface area contributed by atoms with E-state index in [-0.39, 0.29) is 11.9 Å². The summed E-state index contributed by atoms with van der Waals surface area (Å²) >= 11 is 1.69. The zero-order valence-corrected chi connectivity index (χ0v) is 12.5. The van der Waals surface area contributed by atoms with Gasteiger partial charge in [0.05, 0.1) is 23.8 Å². The van der Waals surface area contributed by atoms with Crippen molar-refractivity contribution in [1.29, 1.82) is 0 Å². The summed E-state index contributed by atoms with van der Waals surface area (Å²) in [6, 6.07) is 2.40. The molecule has 1 fully saturated rings. The second-order valence-electron chi connectivity index (χ2n) is 5.79. The number of nitrogens with one attached hydrogen (secondary N) is 2. The highest BCUT2D eigenvalue weighted by atomic mass is 32.1. The van der Waals surface area contributed by atoms with Gasteiger partial charge in [-0.15, -0.1) is 0 Å². The van der Waals surface area contributed by atoms with Gasteiger partial charge in [-0.1, -0.05) is 0 Å². The summed E-state index contributed by atoms with van der Waals surface area (Å²) in [5.74, 6) is 0.220. The van der Waals surface area contributed by atoms with Crippen molar-refractivity contribution in [1.82, 2.24) is 20.2 Å². The highest BCUT2D eigenvalue weighted by molar-refractivity contribution is 7.07. The van der Waals surface area contributed by atoms with Crippen molar-refractivity contribution in [3.63, 3.8) is 0 Å². The lowest BCUT2D eigenvalue weighted by Crippen LogP contribution is -2.50. The highest BCUT2D eigenvalue weighted by Crippen LogP contribution is 2.30. The second kappa shape index (κ2) is 5.27. The molecule has 1 saturated carbocycles. The standard InChI is InChI=1S/C15H18N4OS/c20-15(13-5-12-14(6-16-13)18-9-17-12)19(11-1-2-11)7-10-3-4-21-8-10/h3-4,8-9,11,13,16H,1-2,5-7H2,(H,17,18). The first-order valence-electron chi connectivity index (χ1n) is 7.37. The van der Waals surface area contributed by atoms with Crippen molar-refractivity contribution in [2.75, 3.05) is 0 Å². The van der Waals surface area contributed by atoms with Crippen molar-refractivity contribution in [2.24, 2.45) is 0 Å². The molecule has 2 N–H and O–H groups in total. The van der Waals surface area contributed by atoms with Crippen LogP contribution in [0.2, 0.25) is 0 Å². The first kappa shape index (κ1) is 13.0. The molecule has 1 amide bonds. The fraction of sp³-hybridized carbons (Fsp3) is 0.467. The van der Waals surface area contributed by atoms with Gasteiger partial charge in [-0.2, -0.15) is 11.3 Å². The number of nitrogens with zero attached hydrogens (tertiary/aromatic N) is 2. The number of fused-ring (bicyclic) bond motifs is 1. The highest BCUT2D eigenvalue weighted by Gasteiger charge is 2.37. The van der Waals surface area contributed by atoms with Crippen molar-refractivity contribution >= 4 is 17.2 Å². The van der Waals surface area contributed by atoms with Crippen LogP contribution in [-0.2, 0) is 24.3 Å². The maximum atomic E-state index is 12.9. The minimum Gasteiger partial charge on any atom is -0.347 e. The Balaban J connectivity index is 1.49. The van der Waals surface area contributed by atoms with Gasteiger partial charge in [0.25, 0.3) is 0 Å². The molecule has 1 aliphatic carbocycles. The molecular formula is C15H18N4OS. The molecule has 5 nitrogen and oxygen atoms in total. The molecule has 110 valence electrons. The Hall–Kier alpha value is -1.66. The average Bonchev–Trinajstić information content (AvgIpc) is 3.02. The SMILES string of the molecule is O=C(C1Cc2nc[nH]c2CN1)N(Cc1ccsc1)C1CC1. The summed E-state index contributed by atoms with van der Waals surface area (Å²) in [5, 5.41) is 7.54. The van der Waals surface area contributed by atoms with Gasteiger partial charge >= 0.3 is 0 Å². The van der Waals surface area contributed by atoms with Crippen molar-refractivity contribution in [2.45, 2.75) is 44.4 Å². The molecule has 0 spiro atoms. The number of carbonyl (C=O) groups is 1. The molecule has 2 aromatic heterocycles. The Labute approximate surface area is 127 Å². The van der Waals surface area contributed by atoms with Crippen LogP contribution in [-0.4, -0.2) is 32.9 Å². The zero-order valence-electron chi connectivity index (χ0n) is 11.7. The number of imidazole rings is 1. The van der Waals surface area contributed by atoms with Crippen LogP contribution in [0.1, 0.15) is 29.8 Å². The second-order valence-corrected chi connectivity index (χ2v) is 6.57. The van der Waals surface area contributed by atoms with E-state index in [2.05, 4.69) is 37.0 Å². The van der Waals surface area contributed by atoms with Gasteiger partial charge in [0.2, 0.25) is 5.91 Å². The summed E-state index contributed by atoms with van der Waals surface area (Å²) in [4.78, 5) is 22.4. The van der Waals surface area contributed by atoms with Gasteiger partial charge in [0, 0.05) is 25.6 Å². The Kier molecular flexibility index (Phi) is 3.27. The van der Waals surface area contributed by atoms with Crippen molar-refractivity contribution < 1.29 is 4.79 Å². The fourth-order valence-electron chi connectivity index (χ4n) is 2.90. The van der Waals surface area contributed by atoms with Gasteiger partial charge in [-0.05, 0) is 35.2 Å². The van der Waals surface area contributed by atoms with Crippen LogP contribution in [0.15, 0.2) is 23.2 Å². The Morgan fingerprint density at radius 3 is 3.14 bits per heavy atom. The summed E-state index contributed by atoms with van der Waals surface area (Å²) < 4.78 is 0. The molecule has 1 aliphatic heterocycles. The smallest absolute Gasteiger partial charge is 0.240 e. The van der Waals surface area contributed by atoms with Crippen LogP contribution in [0, 0.1) is 0 Å². The average molecular weight is 302 g/mol. The molecular weight excluding hydrogens is 284 g/mol. The number of hydrogen-bond acceptors (Lipinski definition) is 4. The predicted octanol–water partition coefficient (Wildman–Crippen LogP) is 1.68. The molecule has 1 atom stereocenters. The van der Waals surface area contributed by atoms with Crippen LogP contribution in [0.4, 0.5) is 0 Å². The van der Waals surface area contributed by atoms with Gasteiger partial charge in [-0.3, -0.25) is 10.1 Å². The molecule has 0 bridgehead atoms. The lowest BCUT2D eigenvalue weighted by Gasteiger charge is -2.29. The minimum absolute atomic E-state index is 0.139. The number of H-pyrrole nitrogens is 1. The predicted molar refractivity (Wildman–Crippen MR) is 80.8 cm³/mol. The molecule has 1 unspecified atom stereocenters. The van der Waals surface area contributed by atoms with Crippen LogP contribution >= 0.6 is 11.3 Å². The van der Waals surface area contributed by atoms with E-state index in [1.807, 2.05) is 0 Å². The molecule has 0 radical (unpaired) electrons. The van der Waals surface area contributed by atoms with Gasteiger partial charge in [0.15, 0.2) is 0 Å². The number of amides is 1. The maximum Gasteiger partial charge on any atom is 0.240 e. The molecule has 4 rings (SSSR count). The number of thiophene rings is 1. The largest absolute Gasteiger partial charge is 0.347 e. The number of hydrogen-bond donors (Lipinski definition) is 2. The third-order valence-electron chi connectivity index (χ3n) is 4.23. The van der Waals surface area contributed by atoms with E-state index in [9.17, 15) is 4.79 Å². The Bertz CT molecular complexity index is 632. The van der Waals surface area contributed by atoms with E-state index in [1.165, 1.54) is 5.56 Å². The number of aromatic amines is 1. The Morgan fingerprint density at radius 2 is 2.38 bits per heavy atom. The van der Waals surface area contributed by atoms with E-state index in [0.717, 1.165) is 30.8 Å². The van der Waals surface area contributed by atoms with E-state index < -0.39 is 0 Å². The fourth-order valence-corrected chi connectivity index (χ4v) is 3.56. The van der Waals surface area contributed by atoms with Crippen LogP contribution < -0.4 is 5.32 Å². The lowest BCUT2D eigenvalue weighted by molar-refractivity contribution is -0.134. The van der Waals surface area contributed by atoms with E-state index in [4.69, 9.17) is 0 Å². The number of rotatable bonds is 4.